The van der Waals surface area contributed by atoms with Crippen LogP contribution in [-0.2, 0) is 17.3 Å². The molecule has 3 rings (SSSR count). The molecular weight excluding hydrogens is 385 g/mol. The minimum atomic E-state index is -4.35. The highest BCUT2D eigenvalue weighted by Crippen LogP contribution is 2.29. The molecule has 2 aromatic rings. The van der Waals surface area contributed by atoms with E-state index in [4.69, 9.17) is 9.47 Å². The molecule has 1 aliphatic rings. The summed E-state index contributed by atoms with van der Waals surface area (Å²) in [4.78, 5) is 16.3. The molecule has 0 radical (unpaired) electrons. The number of pyridine rings is 1. The fourth-order valence-electron chi connectivity index (χ4n) is 3.00. The number of rotatable bonds is 7. The Kier molecular flexibility index (Phi) is 7.09. The standard InChI is InChI=1S/C21H23F3N2O3/c22-21(23,24)18-4-1-15(2-5-18)7-10-25-20(27)17-3-6-19(26-13-17)29-14-16-8-11-28-12-9-16/h1-6,13,16H,7-12,14H2,(H,25,27). The summed E-state index contributed by atoms with van der Waals surface area (Å²) in [5.41, 5.74) is 0.430. The van der Waals surface area contributed by atoms with Gasteiger partial charge in [-0.3, -0.25) is 4.79 Å². The van der Waals surface area contributed by atoms with Crippen LogP contribution in [0.1, 0.15) is 34.3 Å². The lowest BCUT2D eigenvalue weighted by molar-refractivity contribution is -0.137. The lowest BCUT2D eigenvalue weighted by atomic mass is 10.0. The number of amides is 1. The average molecular weight is 408 g/mol. The van der Waals surface area contributed by atoms with Crippen molar-refractivity contribution in [3.05, 3.63) is 59.3 Å². The summed E-state index contributed by atoms with van der Waals surface area (Å²) in [6.07, 6.45) is -0.518. The third-order valence-corrected chi connectivity index (χ3v) is 4.79. The molecule has 1 fully saturated rings. The third-order valence-electron chi connectivity index (χ3n) is 4.79. The van der Waals surface area contributed by atoms with Crippen molar-refractivity contribution in [2.45, 2.75) is 25.4 Å². The number of halogens is 3. The molecule has 1 saturated heterocycles. The van der Waals surface area contributed by atoms with Crippen LogP contribution in [0.4, 0.5) is 13.2 Å². The maximum atomic E-state index is 12.6. The Hall–Kier alpha value is -2.61. The van der Waals surface area contributed by atoms with Crippen molar-refractivity contribution in [1.29, 1.82) is 0 Å². The van der Waals surface area contributed by atoms with Gasteiger partial charge in [0.15, 0.2) is 0 Å². The number of nitrogens with one attached hydrogen (secondary N) is 1. The van der Waals surface area contributed by atoms with Crippen LogP contribution in [0.25, 0.3) is 0 Å². The Balaban J connectivity index is 1.42. The van der Waals surface area contributed by atoms with Gasteiger partial charge in [0.2, 0.25) is 5.88 Å². The molecular formula is C21H23F3N2O3. The second-order valence-electron chi connectivity index (χ2n) is 6.95. The molecule has 1 N–H and O–H groups in total. The number of nitrogens with zero attached hydrogens (tertiary/aromatic N) is 1. The summed E-state index contributed by atoms with van der Waals surface area (Å²) in [5, 5.41) is 2.74. The van der Waals surface area contributed by atoms with E-state index in [-0.39, 0.29) is 5.91 Å². The van der Waals surface area contributed by atoms with E-state index in [1.165, 1.54) is 18.3 Å². The predicted octanol–water partition coefficient (Wildman–Crippen LogP) is 3.88. The second-order valence-corrected chi connectivity index (χ2v) is 6.95. The normalized spacial score (nSPS) is 15.1. The van der Waals surface area contributed by atoms with E-state index < -0.39 is 11.7 Å². The summed E-state index contributed by atoms with van der Waals surface area (Å²) < 4.78 is 48.7. The molecule has 29 heavy (non-hydrogen) atoms. The lowest BCUT2D eigenvalue weighted by Gasteiger charge is -2.21. The van der Waals surface area contributed by atoms with Crippen molar-refractivity contribution in [2.24, 2.45) is 5.92 Å². The van der Waals surface area contributed by atoms with Crippen LogP contribution in [0.5, 0.6) is 5.88 Å². The van der Waals surface area contributed by atoms with E-state index in [2.05, 4.69) is 10.3 Å². The van der Waals surface area contributed by atoms with Crippen molar-refractivity contribution < 1.29 is 27.4 Å². The molecule has 1 aromatic heterocycles. The van der Waals surface area contributed by atoms with E-state index in [1.54, 1.807) is 12.1 Å². The first kappa shape index (κ1) is 21.1. The van der Waals surface area contributed by atoms with E-state index in [0.29, 0.717) is 42.5 Å². The van der Waals surface area contributed by atoms with Gasteiger partial charge in [0, 0.05) is 32.0 Å². The molecule has 2 heterocycles. The Morgan fingerprint density at radius 3 is 2.48 bits per heavy atom. The van der Waals surface area contributed by atoms with E-state index >= 15 is 0 Å². The lowest BCUT2D eigenvalue weighted by Crippen LogP contribution is -2.26. The first-order valence-electron chi connectivity index (χ1n) is 9.53. The zero-order valence-corrected chi connectivity index (χ0v) is 15.9. The monoisotopic (exact) mass is 408 g/mol. The minimum absolute atomic E-state index is 0.291. The van der Waals surface area contributed by atoms with E-state index in [9.17, 15) is 18.0 Å². The first-order valence-corrected chi connectivity index (χ1v) is 9.53. The molecule has 1 aliphatic heterocycles. The van der Waals surface area contributed by atoms with Crippen LogP contribution in [0.3, 0.4) is 0 Å². The molecule has 0 unspecified atom stereocenters. The quantitative estimate of drug-likeness (QED) is 0.756. The number of benzene rings is 1. The Bertz CT molecular complexity index is 786. The second kappa shape index (κ2) is 9.73. The fraction of sp³-hybridized carbons (Fsp3) is 0.429. The molecule has 0 bridgehead atoms. The van der Waals surface area contributed by atoms with Gasteiger partial charge in [-0.2, -0.15) is 13.2 Å². The van der Waals surface area contributed by atoms with Crippen LogP contribution in [0.2, 0.25) is 0 Å². The molecule has 1 amide bonds. The summed E-state index contributed by atoms with van der Waals surface area (Å²) >= 11 is 0. The highest BCUT2D eigenvalue weighted by Gasteiger charge is 2.29. The highest BCUT2D eigenvalue weighted by molar-refractivity contribution is 5.93. The van der Waals surface area contributed by atoms with Gasteiger partial charge >= 0.3 is 6.18 Å². The van der Waals surface area contributed by atoms with Gasteiger partial charge < -0.3 is 14.8 Å². The SMILES string of the molecule is O=C(NCCc1ccc(C(F)(F)F)cc1)c1ccc(OCC2CCOCC2)nc1. The number of alkyl halides is 3. The highest BCUT2D eigenvalue weighted by atomic mass is 19.4. The molecule has 156 valence electrons. The van der Waals surface area contributed by atoms with Gasteiger partial charge in [-0.25, -0.2) is 4.98 Å². The van der Waals surface area contributed by atoms with Crippen molar-refractivity contribution in [1.82, 2.24) is 10.3 Å². The summed E-state index contributed by atoms with van der Waals surface area (Å²) in [5.74, 6) is 0.636. The van der Waals surface area contributed by atoms with E-state index in [0.717, 1.165) is 38.2 Å². The zero-order valence-electron chi connectivity index (χ0n) is 15.9. The Morgan fingerprint density at radius 2 is 1.86 bits per heavy atom. The number of carbonyl (C=O) groups excluding carboxylic acids is 1. The van der Waals surface area contributed by atoms with Crippen molar-refractivity contribution in [3.8, 4) is 5.88 Å². The van der Waals surface area contributed by atoms with Crippen LogP contribution < -0.4 is 10.1 Å². The molecule has 0 atom stereocenters. The predicted molar refractivity (Wildman–Crippen MR) is 101 cm³/mol. The van der Waals surface area contributed by atoms with Crippen LogP contribution >= 0.6 is 0 Å². The first-order chi connectivity index (χ1) is 13.9. The largest absolute Gasteiger partial charge is 0.477 e. The number of hydrogen-bond donors (Lipinski definition) is 1. The number of carbonyl (C=O) groups is 1. The molecule has 0 aliphatic carbocycles. The van der Waals surface area contributed by atoms with Gasteiger partial charge in [-0.15, -0.1) is 0 Å². The summed E-state index contributed by atoms with van der Waals surface area (Å²) in [7, 11) is 0. The maximum absolute atomic E-state index is 12.6. The van der Waals surface area contributed by atoms with Crippen LogP contribution in [0.15, 0.2) is 42.6 Å². The van der Waals surface area contributed by atoms with Crippen molar-refractivity contribution in [2.75, 3.05) is 26.4 Å². The van der Waals surface area contributed by atoms with Crippen molar-refractivity contribution in [3.63, 3.8) is 0 Å². The van der Waals surface area contributed by atoms with Gasteiger partial charge in [-0.1, -0.05) is 12.1 Å². The zero-order chi connectivity index (χ0) is 20.7. The molecule has 8 heteroatoms. The van der Waals surface area contributed by atoms with Gasteiger partial charge in [0.05, 0.1) is 17.7 Å². The maximum Gasteiger partial charge on any atom is 0.416 e. The molecule has 5 nitrogen and oxygen atoms in total. The summed E-state index contributed by atoms with van der Waals surface area (Å²) in [6, 6.07) is 8.21. The molecule has 1 aromatic carbocycles. The topological polar surface area (TPSA) is 60.5 Å². The number of hydrogen-bond acceptors (Lipinski definition) is 4. The number of ether oxygens (including phenoxy) is 2. The Labute approximate surface area is 167 Å². The van der Waals surface area contributed by atoms with Crippen LogP contribution in [-0.4, -0.2) is 37.3 Å². The fourth-order valence-corrected chi connectivity index (χ4v) is 3.00. The van der Waals surface area contributed by atoms with Gasteiger partial charge in [0.1, 0.15) is 0 Å². The van der Waals surface area contributed by atoms with Crippen molar-refractivity contribution >= 4 is 5.91 Å². The van der Waals surface area contributed by atoms with Crippen LogP contribution in [0, 0.1) is 5.92 Å². The summed E-state index contributed by atoms with van der Waals surface area (Å²) in [6.45, 7) is 2.40. The molecule has 0 spiro atoms. The number of aromatic nitrogens is 1. The smallest absolute Gasteiger partial charge is 0.416 e. The van der Waals surface area contributed by atoms with Gasteiger partial charge in [0.25, 0.3) is 5.91 Å². The third kappa shape index (κ3) is 6.45. The average Bonchev–Trinajstić information content (AvgIpc) is 2.73. The van der Waals surface area contributed by atoms with E-state index in [1.807, 2.05) is 0 Å². The Morgan fingerprint density at radius 1 is 1.14 bits per heavy atom. The van der Waals surface area contributed by atoms with Gasteiger partial charge in [-0.05, 0) is 48.9 Å². The minimum Gasteiger partial charge on any atom is -0.477 e. The molecule has 0 saturated carbocycles.